The molecule has 0 saturated carbocycles. The number of likely N-dealkylation sites (N-methyl/N-ethyl adjacent to an activating group) is 1. The van der Waals surface area contributed by atoms with Crippen LogP contribution in [0.5, 0.6) is 5.75 Å². The number of anilines is 1. The van der Waals surface area contributed by atoms with Crippen LogP contribution in [-0.4, -0.2) is 36.4 Å². The maximum absolute atomic E-state index is 12.4. The highest BCUT2D eigenvalue weighted by atomic mass is 16.6. The summed E-state index contributed by atoms with van der Waals surface area (Å²) in [5.74, 6) is 0.595. The van der Waals surface area contributed by atoms with Gasteiger partial charge in [0, 0.05) is 18.7 Å². The van der Waals surface area contributed by atoms with E-state index in [1.165, 1.54) is 12.1 Å². The van der Waals surface area contributed by atoms with Gasteiger partial charge < -0.3 is 10.1 Å². The molecular formula is C22H23N3O4. The Morgan fingerprint density at radius 2 is 1.83 bits per heavy atom. The molecule has 0 unspecified atom stereocenters. The van der Waals surface area contributed by atoms with Crippen LogP contribution in [0.25, 0.3) is 10.8 Å². The van der Waals surface area contributed by atoms with E-state index in [9.17, 15) is 14.9 Å². The Labute approximate surface area is 169 Å². The summed E-state index contributed by atoms with van der Waals surface area (Å²) in [6.07, 6.45) is 0. The van der Waals surface area contributed by atoms with Crippen LogP contribution >= 0.6 is 0 Å². The normalized spacial score (nSPS) is 10.9. The number of fused-ring (bicyclic) bond motifs is 1. The van der Waals surface area contributed by atoms with E-state index in [-0.39, 0.29) is 18.1 Å². The Kier molecular flexibility index (Phi) is 6.09. The maximum atomic E-state index is 12.4. The summed E-state index contributed by atoms with van der Waals surface area (Å²) in [5, 5.41) is 15.9. The Hall–Kier alpha value is -3.45. The number of carbonyl (C=O) groups is 1. The van der Waals surface area contributed by atoms with Gasteiger partial charge >= 0.3 is 0 Å². The predicted octanol–water partition coefficient (Wildman–Crippen LogP) is 4.14. The minimum Gasteiger partial charge on any atom is -0.497 e. The molecule has 150 valence electrons. The third-order valence-corrected chi connectivity index (χ3v) is 4.68. The summed E-state index contributed by atoms with van der Waals surface area (Å²) in [7, 11) is 3.50. The Balaban J connectivity index is 1.64. The van der Waals surface area contributed by atoms with Crippen LogP contribution in [-0.2, 0) is 11.3 Å². The van der Waals surface area contributed by atoms with Gasteiger partial charge in [0.1, 0.15) is 5.75 Å². The van der Waals surface area contributed by atoms with Crippen molar-refractivity contribution < 1.29 is 14.5 Å². The zero-order valence-corrected chi connectivity index (χ0v) is 16.6. The van der Waals surface area contributed by atoms with E-state index in [0.29, 0.717) is 12.2 Å². The van der Waals surface area contributed by atoms with Crippen LogP contribution in [0.1, 0.15) is 11.1 Å². The van der Waals surface area contributed by atoms with Gasteiger partial charge in [-0.3, -0.25) is 19.8 Å². The Bertz CT molecular complexity index is 1070. The lowest BCUT2D eigenvalue weighted by molar-refractivity contribution is -0.384. The molecule has 0 saturated heterocycles. The van der Waals surface area contributed by atoms with E-state index >= 15 is 0 Å². The second-order valence-corrected chi connectivity index (χ2v) is 7.02. The minimum atomic E-state index is -0.476. The summed E-state index contributed by atoms with van der Waals surface area (Å²) in [6, 6.07) is 16.5. The first-order chi connectivity index (χ1) is 13.9. The number of nitro groups is 1. The average molecular weight is 393 g/mol. The van der Waals surface area contributed by atoms with Crippen molar-refractivity contribution >= 4 is 28.1 Å². The smallest absolute Gasteiger partial charge is 0.271 e. The largest absolute Gasteiger partial charge is 0.497 e. The van der Waals surface area contributed by atoms with Gasteiger partial charge in [0.15, 0.2) is 0 Å². The quantitative estimate of drug-likeness (QED) is 0.482. The van der Waals surface area contributed by atoms with Gasteiger partial charge in [-0.05, 0) is 54.1 Å². The lowest BCUT2D eigenvalue weighted by Crippen LogP contribution is -2.30. The number of benzene rings is 3. The number of hydrogen-bond donors (Lipinski definition) is 1. The van der Waals surface area contributed by atoms with Crippen molar-refractivity contribution in [2.75, 3.05) is 26.0 Å². The predicted molar refractivity (Wildman–Crippen MR) is 113 cm³/mol. The second kappa shape index (κ2) is 8.70. The number of amides is 1. The molecule has 0 fully saturated rings. The molecule has 7 heteroatoms. The van der Waals surface area contributed by atoms with E-state index in [1.807, 2.05) is 42.3 Å². The van der Waals surface area contributed by atoms with E-state index in [1.54, 1.807) is 20.1 Å². The van der Waals surface area contributed by atoms with Gasteiger partial charge in [0.25, 0.3) is 5.69 Å². The van der Waals surface area contributed by atoms with Gasteiger partial charge in [-0.15, -0.1) is 0 Å². The first-order valence-corrected chi connectivity index (χ1v) is 9.16. The summed E-state index contributed by atoms with van der Waals surface area (Å²) in [4.78, 5) is 24.8. The molecule has 0 aliphatic rings. The van der Waals surface area contributed by atoms with Crippen molar-refractivity contribution in [3.05, 3.63) is 75.8 Å². The average Bonchev–Trinajstić information content (AvgIpc) is 2.68. The highest BCUT2D eigenvalue weighted by Gasteiger charge is 2.13. The molecule has 1 N–H and O–H groups in total. The number of nitrogens with one attached hydrogen (secondary N) is 1. The molecule has 0 heterocycles. The molecule has 0 aromatic heterocycles. The number of carbonyl (C=O) groups excluding carboxylic acids is 1. The number of ether oxygens (including phenoxy) is 1. The van der Waals surface area contributed by atoms with Crippen molar-refractivity contribution in [2.24, 2.45) is 0 Å². The van der Waals surface area contributed by atoms with Crippen molar-refractivity contribution in [3.8, 4) is 5.75 Å². The zero-order valence-electron chi connectivity index (χ0n) is 16.6. The standard InChI is InChI=1S/C22H23N3O4/c1-15-4-8-19(25(27)28)12-21(15)23-22(26)14-24(2)13-16-5-6-18-11-20(29-3)9-7-17(18)10-16/h4-12H,13-14H2,1-3H3,(H,23,26). The van der Waals surface area contributed by atoms with E-state index in [0.717, 1.165) is 27.6 Å². The van der Waals surface area contributed by atoms with Crippen LogP contribution in [0.3, 0.4) is 0 Å². The fraction of sp³-hybridized carbons (Fsp3) is 0.227. The van der Waals surface area contributed by atoms with E-state index in [2.05, 4.69) is 11.4 Å². The maximum Gasteiger partial charge on any atom is 0.271 e. The number of rotatable bonds is 7. The Morgan fingerprint density at radius 1 is 1.10 bits per heavy atom. The molecule has 0 aliphatic heterocycles. The lowest BCUT2D eigenvalue weighted by Gasteiger charge is -2.17. The van der Waals surface area contributed by atoms with Crippen LogP contribution < -0.4 is 10.1 Å². The fourth-order valence-electron chi connectivity index (χ4n) is 3.16. The van der Waals surface area contributed by atoms with Gasteiger partial charge in [-0.25, -0.2) is 0 Å². The molecule has 0 bridgehead atoms. The molecule has 3 rings (SSSR count). The van der Waals surface area contributed by atoms with E-state index in [4.69, 9.17) is 4.74 Å². The van der Waals surface area contributed by atoms with Gasteiger partial charge in [-0.1, -0.05) is 24.3 Å². The zero-order chi connectivity index (χ0) is 21.0. The molecule has 29 heavy (non-hydrogen) atoms. The summed E-state index contributed by atoms with van der Waals surface area (Å²) >= 11 is 0. The summed E-state index contributed by atoms with van der Waals surface area (Å²) < 4.78 is 5.25. The molecule has 0 atom stereocenters. The number of hydrogen-bond acceptors (Lipinski definition) is 5. The third kappa shape index (κ3) is 5.08. The Morgan fingerprint density at radius 3 is 2.55 bits per heavy atom. The number of nitro benzene ring substituents is 1. The van der Waals surface area contributed by atoms with Gasteiger partial charge in [-0.2, -0.15) is 0 Å². The van der Waals surface area contributed by atoms with Crippen LogP contribution in [0.4, 0.5) is 11.4 Å². The number of nitrogens with zero attached hydrogens (tertiary/aromatic N) is 2. The highest BCUT2D eigenvalue weighted by molar-refractivity contribution is 5.93. The molecule has 1 amide bonds. The molecule has 0 spiro atoms. The van der Waals surface area contributed by atoms with Crippen molar-refractivity contribution in [1.29, 1.82) is 0 Å². The fourth-order valence-corrected chi connectivity index (χ4v) is 3.16. The molecule has 3 aromatic carbocycles. The van der Waals surface area contributed by atoms with Crippen LogP contribution in [0.15, 0.2) is 54.6 Å². The lowest BCUT2D eigenvalue weighted by atomic mass is 10.1. The monoisotopic (exact) mass is 393 g/mol. The molecular weight excluding hydrogens is 370 g/mol. The first-order valence-electron chi connectivity index (χ1n) is 9.16. The SMILES string of the molecule is COc1ccc2cc(CN(C)CC(=O)Nc3cc([N+](=O)[O-])ccc3C)ccc2c1. The van der Waals surface area contributed by atoms with Crippen molar-refractivity contribution in [3.63, 3.8) is 0 Å². The molecule has 3 aromatic rings. The number of methoxy groups -OCH3 is 1. The number of non-ortho nitro benzene ring substituents is 1. The molecule has 0 radical (unpaired) electrons. The van der Waals surface area contributed by atoms with E-state index < -0.39 is 4.92 Å². The van der Waals surface area contributed by atoms with Crippen molar-refractivity contribution in [2.45, 2.75) is 13.5 Å². The molecule has 7 nitrogen and oxygen atoms in total. The van der Waals surface area contributed by atoms with Gasteiger partial charge in [0.2, 0.25) is 5.91 Å². The summed E-state index contributed by atoms with van der Waals surface area (Å²) in [6.45, 7) is 2.57. The first kappa shape index (κ1) is 20.3. The van der Waals surface area contributed by atoms with Gasteiger partial charge in [0.05, 0.1) is 24.3 Å². The third-order valence-electron chi connectivity index (χ3n) is 4.68. The summed E-state index contributed by atoms with van der Waals surface area (Å²) in [5.41, 5.74) is 2.27. The second-order valence-electron chi connectivity index (χ2n) is 7.02. The topological polar surface area (TPSA) is 84.7 Å². The van der Waals surface area contributed by atoms with Crippen molar-refractivity contribution in [1.82, 2.24) is 4.90 Å². The van der Waals surface area contributed by atoms with Crippen LogP contribution in [0.2, 0.25) is 0 Å². The van der Waals surface area contributed by atoms with Crippen LogP contribution in [0, 0.1) is 17.0 Å². The number of aryl methyl sites for hydroxylation is 1. The molecule has 0 aliphatic carbocycles. The minimum absolute atomic E-state index is 0.0490. The highest BCUT2D eigenvalue weighted by Crippen LogP contribution is 2.23.